The second-order valence-electron chi connectivity index (χ2n) is 6.65. The monoisotopic (exact) mass is 369 g/mol. The van der Waals surface area contributed by atoms with Crippen molar-refractivity contribution in [2.24, 2.45) is 7.05 Å². The van der Waals surface area contributed by atoms with E-state index in [1.54, 1.807) is 17.9 Å². The van der Waals surface area contributed by atoms with Gasteiger partial charge in [-0.15, -0.1) is 0 Å². The highest BCUT2D eigenvalue weighted by molar-refractivity contribution is 5.75. The highest BCUT2D eigenvalue weighted by atomic mass is 19.4. The molecule has 2 heterocycles. The Balaban J connectivity index is 1.75. The Hall–Kier alpha value is -2.32. The van der Waals surface area contributed by atoms with Crippen molar-refractivity contribution >= 4 is 5.91 Å². The van der Waals surface area contributed by atoms with Gasteiger partial charge < -0.3 is 5.32 Å². The van der Waals surface area contributed by atoms with Gasteiger partial charge in [-0.2, -0.15) is 23.4 Å². The average Bonchev–Trinajstić information content (AvgIpc) is 2.96. The number of fused-ring (bicyclic) bond motifs is 1. The summed E-state index contributed by atoms with van der Waals surface area (Å²) < 4.78 is 42.8. The molecule has 0 aliphatic heterocycles. The molecular weight excluding hydrogens is 347 g/mol. The lowest BCUT2D eigenvalue weighted by Gasteiger charge is -2.08. The van der Waals surface area contributed by atoms with Crippen LogP contribution in [0.3, 0.4) is 0 Å². The Morgan fingerprint density at radius 2 is 2.00 bits per heavy atom. The molecule has 0 saturated carbocycles. The summed E-state index contributed by atoms with van der Waals surface area (Å²) in [5.41, 5.74) is 1.76. The second kappa shape index (κ2) is 7.13. The Morgan fingerprint density at radius 3 is 2.65 bits per heavy atom. The van der Waals surface area contributed by atoms with Crippen LogP contribution in [-0.2, 0) is 43.9 Å². The number of nitrogens with zero attached hydrogens (tertiary/aromatic N) is 4. The first-order valence-corrected chi connectivity index (χ1v) is 8.67. The van der Waals surface area contributed by atoms with Gasteiger partial charge in [0.2, 0.25) is 5.91 Å². The molecule has 0 radical (unpaired) electrons. The maximum absolute atomic E-state index is 13.3. The highest BCUT2D eigenvalue weighted by Crippen LogP contribution is 2.35. The molecule has 0 unspecified atom stereocenters. The number of rotatable bonds is 4. The smallest absolute Gasteiger partial charge is 0.350 e. The van der Waals surface area contributed by atoms with E-state index in [9.17, 15) is 18.0 Å². The maximum atomic E-state index is 13.3. The third-order valence-corrected chi connectivity index (χ3v) is 4.88. The highest BCUT2D eigenvalue weighted by Gasteiger charge is 2.39. The van der Waals surface area contributed by atoms with E-state index >= 15 is 0 Å². The van der Waals surface area contributed by atoms with E-state index in [1.807, 2.05) is 6.92 Å². The molecule has 142 valence electrons. The number of halogens is 3. The zero-order valence-corrected chi connectivity index (χ0v) is 14.9. The predicted molar refractivity (Wildman–Crippen MR) is 88.3 cm³/mol. The fourth-order valence-electron chi connectivity index (χ4n) is 3.31. The number of aryl methyl sites for hydroxylation is 1. The zero-order chi connectivity index (χ0) is 18.9. The minimum atomic E-state index is -4.50. The summed E-state index contributed by atoms with van der Waals surface area (Å²) in [4.78, 5) is 12.3. The second-order valence-corrected chi connectivity index (χ2v) is 6.65. The van der Waals surface area contributed by atoms with Crippen LogP contribution in [0, 0.1) is 6.92 Å². The van der Waals surface area contributed by atoms with Gasteiger partial charge in [0, 0.05) is 36.1 Å². The van der Waals surface area contributed by atoms with Crippen molar-refractivity contribution in [3.63, 3.8) is 0 Å². The molecule has 26 heavy (non-hydrogen) atoms. The molecule has 0 aromatic carbocycles. The Bertz CT molecular complexity index is 806. The van der Waals surface area contributed by atoms with Gasteiger partial charge in [0.15, 0.2) is 5.69 Å². The lowest BCUT2D eigenvalue weighted by atomic mass is 10.1. The van der Waals surface area contributed by atoms with Crippen LogP contribution in [0.15, 0.2) is 6.20 Å². The van der Waals surface area contributed by atoms with Gasteiger partial charge in [-0.1, -0.05) is 6.42 Å². The van der Waals surface area contributed by atoms with E-state index in [0.717, 1.165) is 24.1 Å². The van der Waals surface area contributed by atoms with Crippen LogP contribution in [0.5, 0.6) is 0 Å². The zero-order valence-electron chi connectivity index (χ0n) is 14.9. The van der Waals surface area contributed by atoms with Crippen molar-refractivity contribution in [2.45, 2.75) is 58.3 Å². The minimum Gasteiger partial charge on any atom is -0.350 e. The van der Waals surface area contributed by atoms with Crippen LogP contribution < -0.4 is 5.32 Å². The van der Waals surface area contributed by atoms with Gasteiger partial charge in [0.05, 0.1) is 6.20 Å². The number of aromatic nitrogens is 4. The summed E-state index contributed by atoms with van der Waals surface area (Å²) in [5, 5.41) is 10.6. The number of carbonyl (C=O) groups is 1. The molecule has 1 N–H and O–H groups in total. The van der Waals surface area contributed by atoms with E-state index in [2.05, 4.69) is 15.5 Å². The summed E-state index contributed by atoms with van der Waals surface area (Å²) >= 11 is 0. The molecule has 0 fully saturated rings. The molecule has 6 nitrogen and oxygen atoms in total. The first-order chi connectivity index (χ1) is 12.3. The van der Waals surface area contributed by atoms with Crippen LogP contribution >= 0.6 is 0 Å². The van der Waals surface area contributed by atoms with Crippen molar-refractivity contribution in [2.75, 3.05) is 0 Å². The summed E-state index contributed by atoms with van der Waals surface area (Å²) in [6, 6.07) is 0. The standard InChI is InChI=1S/C17H22F3N5O/c1-11-12(9-22-24(11)2)8-21-15(26)10-25-14-7-5-3-4-6-13(14)16(23-25)17(18,19)20/h9H,3-8,10H2,1-2H3,(H,21,26). The maximum Gasteiger partial charge on any atom is 0.435 e. The molecule has 2 aromatic rings. The Labute approximate surface area is 149 Å². The Kier molecular flexibility index (Phi) is 5.06. The van der Waals surface area contributed by atoms with E-state index in [0.29, 0.717) is 25.0 Å². The van der Waals surface area contributed by atoms with Gasteiger partial charge in [0.25, 0.3) is 0 Å². The van der Waals surface area contributed by atoms with Gasteiger partial charge in [-0.25, -0.2) is 0 Å². The van der Waals surface area contributed by atoms with Crippen molar-refractivity contribution in [3.8, 4) is 0 Å². The number of nitrogens with one attached hydrogen (secondary N) is 1. The molecule has 0 bridgehead atoms. The van der Waals surface area contributed by atoms with Crippen molar-refractivity contribution in [1.82, 2.24) is 24.9 Å². The number of hydrogen-bond acceptors (Lipinski definition) is 3. The van der Waals surface area contributed by atoms with Gasteiger partial charge in [0.1, 0.15) is 6.54 Å². The van der Waals surface area contributed by atoms with Crippen molar-refractivity contribution in [3.05, 3.63) is 34.4 Å². The van der Waals surface area contributed by atoms with Gasteiger partial charge >= 0.3 is 6.18 Å². The third-order valence-electron chi connectivity index (χ3n) is 4.88. The van der Waals surface area contributed by atoms with Gasteiger partial charge in [-0.05, 0) is 32.6 Å². The number of amides is 1. The van der Waals surface area contributed by atoms with Gasteiger partial charge in [-0.3, -0.25) is 14.2 Å². The molecule has 0 spiro atoms. The third kappa shape index (κ3) is 3.76. The van der Waals surface area contributed by atoms with E-state index in [4.69, 9.17) is 0 Å². The Morgan fingerprint density at radius 1 is 1.27 bits per heavy atom. The number of hydrogen-bond donors (Lipinski definition) is 1. The summed E-state index contributed by atoms with van der Waals surface area (Å²) in [7, 11) is 1.80. The molecular formula is C17H22F3N5O. The van der Waals surface area contributed by atoms with Crippen LogP contribution in [0.4, 0.5) is 13.2 Å². The molecule has 3 rings (SSSR count). The van der Waals surface area contributed by atoms with Crippen molar-refractivity contribution in [1.29, 1.82) is 0 Å². The predicted octanol–water partition coefficient (Wildman–Crippen LogP) is 2.53. The molecule has 0 saturated heterocycles. The van der Waals surface area contributed by atoms with Crippen LogP contribution in [0.25, 0.3) is 0 Å². The van der Waals surface area contributed by atoms with E-state index in [-0.39, 0.29) is 24.6 Å². The van der Waals surface area contributed by atoms with Crippen molar-refractivity contribution < 1.29 is 18.0 Å². The molecule has 2 aromatic heterocycles. The summed E-state index contributed by atoms with van der Waals surface area (Å²) in [5.74, 6) is -0.364. The minimum absolute atomic E-state index is 0.211. The fourth-order valence-corrected chi connectivity index (χ4v) is 3.31. The lowest BCUT2D eigenvalue weighted by molar-refractivity contribution is -0.142. The average molecular weight is 369 g/mol. The van der Waals surface area contributed by atoms with Crippen LogP contribution in [0.1, 0.15) is 47.5 Å². The molecule has 9 heteroatoms. The number of alkyl halides is 3. The summed E-state index contributed by atoms with van der Waals surface area (Å²) in [6.07, 6.45) is 0.466. The fraction of sp³-hybridized carbons (Fsp3) is 0.588. The van der Waals surface area contributed by atoms with Crippen LogP contribution in [0.2, 0.25) is 0 Å². The van der Waals surface area contributed by atoms with E-state index < -0.39 is 11.9 Å². The molecule has 0 atom stereocenters. The number of carbonyl (C=O) groups excluding carboxylic acids is 1. The lowest BCUT2D eigenvalue weighted by Crippen LogP contribution is -2.28. The molecule has 1 amide bonds. The molecule has 1 aliphatic carbocycles. The SMILES string of the molecule is Cc1c(CNC(=O)Cn2nc(C(F)(F)F)c3c2CCCCC3)cnn1C. The van der Waals surface area contributed by atoms with E-state index in [1.165, 1.54) is 4.68 Å². The first-order valence-electron chi connectivity index (χ1n) is 8.67. The topological polar surface area (TPSA) is 64.7 Å². The quantitative estimate of drug-likeness (QED) is 0.843. The first kappa shape index (κ1) is 18.5. The van der Waals surface area contributed by atoms with Crippen LogP contribution in [-0.4, -0.2) is 25.5 Å². The normalized spacial score (nSPS) is 14.8. The summed E-state index contributed by atoms with van der Waals surface area (Å²) in [6.45, 7) is 1.96. The molecule has 1 aliphatic rings. The largest absolute Gasteiger partial charge is 0.435 e.